The lowest BCUT2D eigenvalue weighted by molar-refractivity contribution is -0.133. The van der Waals surface area contributed by atoms with Crippen molar-refractivity contribution in [3.8, 4) is 11.4 Å². The smallest absolute Gasteiger partial charge is 0.242 e. The molecule has 0 bridgehead atoms. The molecule has 6 heteroatoms. The molecule has 0 saturated carbocycles. The number of nitrogens with one attached hydrogen (secondary N) is 1. The molecule has 1 fully saturated rings. The van der Waals surface area contributed by atoms with Gasteiger partial charge in [-0.25, -0.2) is 0 Å². The van der Waals surface area contributed by atoms with E-state index in [1.165, 1.54) is 0 Å². The Morgan fingerprint density at radius 3 is 2.83 bits per heavy atom. The summed E-state index contributed by atoms with van der Waals surface area (Å²) in [7, 11) is 0. The van der Waals surface area contributed by atoms with Gasteiger partial charge in [0.2, 0.25) is 5.91 Å². The lowest BCUT2D eigenvalue weighted by atomic mass is 9.99. The number of hydrogen-bond donors (Lipinski definition) is 1. The molecular weight excluding hydrogens is 308 g/mol. The third-order valence-electron chi connectivity index (χ3n) is 4.46. The molecule has 0 radical (unpaired) electrons. The van der Waals surface area contributed by atoms with Gasteiger partial charge in [0.15, 0.2) is 10.6 Å². The summed E-state index contributed by atoms with van der Waals surface area (Å²) in [6, 6.07) is 8.06. The molecule has 0 aliphatic carbocycles. The van der Waals surface area contributed by atoms with Crippen molar-refractivity contribution in [1.82, 2.24) is 19.7 Å². The molecule has 1 amide bonds. The standard InChI is InChI=1S/C17H22N4OS/c1-12-6-8-20(9-7-12)15(22)11-21-16(18-19-17(21)23)14-5-3-4-13(2)10-14/h3-5,10,12H,6-9,11H2,1-2H3,(H,19,23). The van der Waals surface area contributed by atoms with Crippen LogP contribution in [0.1, 0.15) is 25.3 Å². The van der Waals surface area contributed by atoms with Gasteiger partial charge in [-0.3, -0.25) is 14.5 Å². The van der Waals surface area contributed by atoms with Crippen molar-refractivity contribution >= 4 is 18.1 Å². The van der Waals surface area contributed by atoms with E-state index < -0.39 is 0 Å². The fourth-order valence-electron chi connectivity index (χ4n) is 2.96. The number of aromatic amines is 1. The third-order valence-corrected chi connectivity index (χ3v) is 4.78. The van der Waals surface area contributed by atoms with E-state index in [0.717, 1.165) is 42.9 Å². The Balaban J connectivity index is 1.82. The monoisotopic (exact) mass is 330 g/mol. The number of H-pyrrole nitrogens is 1. The molecule has 1 saturated heterocycles. The highest BCUT2D eigenvalue weighted by Crippen LogP contribution is 2.20. The third kappa shape index (κ3) is 3.52. The van der Waals surface area contributed by atoms with Crippen LogP contribution in [0.15, 0.2) is 24.3 Å². The van der Waals surface area contributed by atoms with Crippen LogP contribution in [0.3, 0.4) is 0 Å². The first-order chi connectivity index (χ1) is 11.0. The fourth-order valence-corrected chi connectivity index (χ4v) is 3.16. The second-order valence-electron chi connectivity index (χ2n) is 6.37. The minimum absolute atomic E-state index is 0.114. The average molecular weight is 330 g/mol. The van der Waals surface area contributed by atoms with Crippen LogP contribution in [0.2, 0.25) is 0 Å². The maximum Gasteiger partial charge on any atom is 0.242 e. The van der Waals surface area contributed by atoms with Crippen molar-refractivity contribution in [1.29, 1.82) is 0 Å². The molecule has 0 spiro atoms. The molecule has 5 nitrogen and oxygen atoms in total. The van der Waals surface area contributed by atoms with Crippen LogP contribution in [0.25, 0.3) is 11.4 Å². The Bertz CT molecular complexity index is 756. The number of carbonyl (C=O) groups excluding carboxylic acids is 1. The van der Waals surface area contributed by atoms with Gasteiger partial charge in [-0.2, -0.15) is 5.10 Å². The van der Waals surface area contributed by atoms with Crippen LogP contribution in [0.5, 0.6) is 0 Å². The van der Waals surface area contributed by atoms with Gasteiger partial charge in [0.1, 0.15) is 6.54 Å². The minimum atomic E-state index is 0.114. The first-order valence-corrected chi connectivity index (χ1v) is 8.45. The van der Waals surface area contributed by atoms with E-state index in [9.17, 15) is 4.79 Å². The molecule has 1 aliphatic rings. The average Bonchev–Trinajstić information content (AvgIpc) is 2.89. The maximum absolute atomic E-state index is 12.6. The van der Waals surface area contributed by atoms with E-state index in [1.54, 1.807) is 4.57 Å². The second kappa shape index (κ2) is 6.66. The summed E-state index contributed by atoms with van der Waals surface area (Å²) in [5.41, 5.74) is 2.12. The van der Waals surface area contributed by atoms with Gasteiger partial charge < -0.3 is 4.90 Å². The first kappa shape index (κ1) is 15.9. The fraction of sp³-hybridized carbons (Fsp3) is 0.471. The predicted octanol–water partition coefficient (Wildman–Crippen LogP) is 3.17. The van der Waals surface area contributed by atoms with Gasteiger partial charge in [0.05, 0.1) is 0 Å². The molecule has 1 aliphatic heterocycles. The van der Waals surface area contributed by atoms with Gasteiger partial charge in [-0.1, -0.05) is 30.7 Å². The SMILES string of the molecule is Cc1cccc(-c2n[nH]c(=S)n2CC(=O)N2CCC(C)CC2)c1. The summed E-state index contributed by atoms with van der Waals surface area (Å²) in [6.07, 6.45) is 2.15. The van der Waals surface area contributed by atoms with Crippen molar-refractivity contribution in [3.05, 3.63) is 34.6 Å². The highest BCUT2D eigenvalue weighted by atomic mass is 32.1. The number of amides is 1. The molecular formula is C17H22N4OS. The topological polar surface area (TPSA) is 53.9 Å². The van der Waals surface area contributed by atoms with E-state index in [-0.39, 0.29) is 12.5 Å². The molecule has 122 valence electrons. The lowest BCUT2D eigenvalue weighted by Crippen LogP contribution is -2.39. The summed E-state index contributed by atoms with van der Waals surface area (Å²) in [6.45, 7) is 6.20. The van der Waals surface area contributed by atoms with Crippen LogP contribution < -0.4 is 0 Å². The van der Waals surface area contributed by atoms with Crippen molar-refractivity contribution in [2.45, 2.75) is 33.2 Å². The zero-order valence-electron chi connectivity index (χ0n) is 13.6. The van der Waals surface area contributed by atoms with Crippen molar-refractivity contribution in [3.63, 3.8) is 0 Å². The summed E-state index contributed by atoms with van der Waals surface area (Å²) in [5, 5.41) is 7.13. The van der Waals surface area contributed by atoms with Crippen LogP contribution >= 0.6 is 12.2 Å². The van der Waals surface area contributed by atoms with Crippen LogP contribution in [-0.2, 0) is 11.3 Å². The predicted molar refractivity (Wildman–Crippen MR) is 92.6 cm³/mol. The molecule has 0 atom stereocenters. The number of aryl methyl sites for hydroxylation is 1. The number of nitrogens with zero attached hydrogens (tertiary/aromatic N) is 3. The van der Waals surface area contributed by atoms with Crippen LogP contribution in [0, 0.1) is 17.6 Å². The summed E-state index contributed by atoms with van der Waals surface area (Å²) >= 11 is 5.32. The highest BCUT2D eigenvalue weighted by Gasteiger charge is 2.22. The van der Waals surface area contributed by atoms with Gasteiger partial charge in [-0.05, 0) is 44.0 Å². The molecule has 3 rings (SSSR count). The number of aromatic nitrogens is 3. The van der Waals surface area contributed by atoms with E-state index >= 15 is 0 Å². The Labute approximate surface area is 141 Å². The summed E-state index contributed by atoms with van der Waals surface area (Å²) < 4.78 is 2.28. The highest BCUT2D eigenvalue weighted by molar-refractivity contribution is 7.71. The molecule has 1 aromatic heterocycles. The summed E-state index contributed by atoms with van der Waals surface area (Å²) in [4.78, 5) is 14.5. The number of likely N-dealkylation sites (tertiary alicyclic amines) is 1. The van der Waals surface area contributed by atoms with Crippen molar-refractivity contribution < 1.29 is 4.79 Å². The zero-order valence-corrected chi connectivity index (χ0v) is 14.4. The van der Waals surface area contributed by atoms with Crippen molar-refractivity contribution in [2.75, 3.05) is 13.1 Å². The normalized spacial score (nSPS) is 15.8. The molecule has 1 aromatic carbocycles. The Kier molecular flexibility index (Phi) is 4.61. The Hall–Kier alpha value is -1.95. The van der Waals surface area contributed by atoms with E-state index in [1.807, 2.05) is 30.0 Å². The second-order valence-corrected chi connectivity index (χ2v) is 6.76. The van der Waals surface area contributed by atoms with E-state index in [2.05, 4.69) is 23.2 Å². The quantitative estimate of drug-likeness (QED) is 0.880. The van der Waals surface area contributed by atoms with Gasteiger partial charge in [0.25, 0.3) is 0 Å². The molecule has 1 N–H and O–H groups in total. The lowest BCUT2D eigenvalue weighted by Gasteiger charge is -2.30. The van der Waals surface area contributed by atoms with Gasteiger partial charge in [-0.15, -0.1) is 0 Å². The number of carbonyl (C=O) groups is 1. The van der Waals surface area contributed by atoms with E-state index in [4.69, 9.17) is 12.2 Å². The van der Waals surface area contributed by atoms with Crippen molar-refractivity contribution in [2.24, 2.45) is 5.92 Å². The Morgan fingerprint density at radius 1 is 1.39 bits per heavy atom. The summed E-state index contributed by atoms with van der Waals surface area (Å²) in [5.74, 6) is 1.54. The Morgan fingerprint density at radius 2 is 2.13 bits per heavy atom. The van der Waals surface area contributed by atoms with Gasteiger partial charge in [0, 0.05) is 18.7 Å². The number of benzene rings is 1. The number of piperidine rings is 1. The molecule has 0 unspecified atom stereocenters. The molecule has 2 aromatic rings. The van der Waals surface area contributed by atoms with Crippen LogP contribution in [-0.4, -0.2) is 38.7 Å². The number of hydrogen-bond acceptors (Lipinski definition) is 3. The largest absolute Gasteiger partial charge is 0.341 e. The maximum atomic E-state index is 12.6. The molecule has 2 heterocycles. The van der Waals surface area contributed by atoms with E-state index in [0.29, 0.717) is 10.7 Å². The zero-order chi connectivity index (χ0) is 16.4. The minimum Gasteiger partial charge on any atom is -0.341 e. The van der Waals surface area contributed by atoms with Crippen LogP contribution in [0.4, 0.5) is 0 Å². The number of rotatable bonds is 3. The van der Waals surface area contributed by atoms with Gasteiger partial charge >= 0.3 is 0 Å². The first-order valence-electron chi connectivity index (χ1n) is 8.04. The molecule has 23 heavy (non-hydrogen) atoms.